The molecule has 0 saturated heterocycles. The molecular weight excluding hydrogens is 178 g/mol. The normalized spacial score (nSPS) is 17.1. The second-order valence-corrected chi connectivity index (χ2v) is 3.82. The third-order valence-electron chi connectivity index (χ3n) is 2.28. The van der Waals surface area contributed by atoms with E-state index in [4.69, 9.17) is 10.8 Å². The Morgan fingerprint density at radius 2 is 2.00 bits per heavy atom. The first-order valence-corrected chi connectivity index (χ1v) is 5.50. The maximum Gasteiger partial charge on any atom is 0.188 e. The Morgan fingerprint density at radius 1 is 1.29 bits per heavy atom. The predicted octanol–water partition coefficient (Wildman–Crippen LogP) is 0.606. The summed E-state index contributed by atoms with van der Waals surface area (Å²) in [7, 11) is 0. The van der Waals surface area contributed by atoms with Crippen molar-refractivity contribution in [2.24, 2.45) is 10.7 Å². The molecule has 0 bridgehead atoms. The first-order valence-electron chi connectivity index (χ1n) is 5.50. The molecule has 1 aliphatic carbocycles. The fourth-order valence-corrected chi connectivity index (χ4v) is 1.26. The van der Waals surface area contributed by atoms with E-state index in [9.17, 15) is 0 Å². The Morgan fingerprint density at radius 3 is 2.64 bits per heavy atom. The van der Waals surface area contributed by atoms with Gasteiger partial charge >= 0.3 is 0 Å². The van der Waals surface area contributed by atoms with Crippen LogP contribution in [0.3, 0.4) is 0 Å². The zero-order chi connectivity index (χ0) is 10.2. The van der Waals surface area contributed by atoms with Gasteiger partial charge in [0.2, 0.25) is 0 Å². The van der Waals surface area contributed by atoms with Crippen LogP contribution in [0.1, 0.15) is 38.5 Å². The highest BCUT2D eigenvalue weighted by molar-refractivity contribution is 5.78. The van der Waals surface area contributed by atoms with E-state index in [-0.39, 0.29) is 0 Å². The van der Waals surface area contributed by atoms with Gasteiger partial charge in [-0.15, -0.1) is 0 Å². The van der Waals surface area contributed by atoms with Gasteiger partial charge in [-0.2, -0.15) is 0 Å². The largest absolute Gasteiger partial charge is 0.396 e. The van der Waals surface area contributed by atoms with Gasteiger partial charge in [-0.25, -0.2) is 0 Å². The number of nitrogens with one attached hydrogen (secondary N) is 1. The Kier molecular flexibility index (Phi) is 5.37. The topological polar surface area (TPSA) is 70.6 Å². The van der Waals surface area contributed by atoms with Crippen molar-refractivity contribution in [1.29, 1.82) is 0 Å². The van der Waals surface area contributed by atoms with Gasteiger partial charge in [0.15, 0.2) is 5.96 Å². The number of nitrogens with zero attached hydrogens (tertiary/aromatic N) is 1. The molecule has 4 N–H and O–H groups in total. The number of hydrogen-bond acceptors (Lipinski definition) is 2. The van der Waals surface area contributed by atoms with Gasteiger partial charge < -0.3 is 16.2 Å². The molecule has 0 aliphatic heterocycles. The molecule has 0 aromatic heterocycles. The van der Waals surface area contributed by atoms with Gasteiger partial charge in [0, 0.05) is 19.2 Å². The number of unbranched alkanes of at least 4 members (excludes halogenated alkanes) is 3. The van der Waals surface area contributed by atoms with E-state index in [0.717, 1.165) is 32.2 Å². The summed E-state index contributed by atoms with van der Waals surface area (Å²) in [6.07, 6.45) is 6.63. The number of guanidine groups is 1. The lowest BCUT2D eigenvalue weighted by molar-refractivity contribution is 0.282. The van der Waals surface area contributed by atoms with Crippen molar-refractivity contribution in [3.05, 3.63) is 0 Å². The maximum atomic E-state index is 8.56. The van der Waals surface area contributed by atoms with Crippen molar-refractivity contribution in [1.82, 2.24) is 5.32 Å². The Labute approximate surface area is 85.6 Å². The third kappa shape index (κ3) is 5.80. The fourth-order valence-electron chi connectivity index (χ4n) is 1.26. The van der Waals surface area contributed by atoms with Gasteiger partial charge in [0.05, 0.1) is 0 Å². The number of rotatable bonds is 7. The van der Waals surface area contributed by atoms with Crippen LogP contribution in [0.2, 0.25) is 0 Å². The minimum atomic E-state index is 0.300. The van der Waals surface area contributed by atoms with Crippen LogP contribution in [0.5, 0.6) is 0 Å². The van der Waals surface area contributed by atoms with Crippen LogP contribution < -0.4 is 11.1 Å². The molecule has 0 heterocycles. The summed E-state index contributed by atoms with van der Waals surface area (Å²) in [5, 5.41) is 11.7. The van der Waals surface area contributed by atoms with E-state index in [0.29, 0.717) is 18.6 Å². The molecular formula is C10H21N3O. The van der Waals surface area contributed by atoms with Crippen LogP contribution >= 0.6 is 0 Å². The van der Waals surface area contributed by atoms with Gasteiger partial charge in [-0.1, -0.05) is 12.8 Å². The molecule has 0 spiro atoms. The Bertz CT molecular complexity index is 178. The maximum absolute atomic E-state index is 8.56. The van der Waals surface area contributed by atoms with Crippen LogP contribution in [0.15, 0.2) is 4.99 Å². The molecule has 1 saturated carbocycles. The molecule has 82 valence electrons. The van der Waals surface area contributed by atoms with Gasteiger partial charge in [0.25, 0.3) is 0 Å². The molecule has 14 heavy (non-hydrogen) atoms. The molecule has 4 heteroatoms. The molecule has 1 rings (SSSR count). The van der Waals surface area contributed by atoms with E-state index >= 15 is 0 Å². The van der Waals surface area contributed by atoms with Crippen LogP contribution in [-0.2, 0) is 0 Å². The van der Waals surface area contributed by atoms with E-state index in [1.807, 2.05) is 0 Å². The summed E-state index contributed by atoms with van der Waals surface area (Å²) >= 11 is 0. The SMILES string of the molecule is NC(=NCCCCCCO)NC1CC1. The molecule has 0 atom stereocenters. The highest BCUT2D eigenvalue weighted by atomic mass is 16.2. The summed E-state index contributed by atoms with van der Waals surface area (Å²) in [6, 6.07) is 0.591. The van der Waals surface area contributed by atoms with Crippen molar-refractivity contribution in [2.45, 2.75) is 44.6 Å². The lowest BCUT2D eigenvalue weighted by Gasteiger charge is -2.02. The highest BCUT2D eigenvalue weighted by Crippen LogP contribution is 2.17. The summed E-state index contributed by atoms with van der Waals surface area (Å²) < 4.78 is 0. The molecule has 0 radical (unpaired) electrons. The van der Waals surface area contributed by atoms with Crippen molar-refractivity contribution in [2.75, 3.05) is 13.2 Å². The molecule has 0 unspecified atom stereocenters. The summed E-state index contributed by atoms with van der Waals surface area (Å²) in [6.45, 7) is 1.10. The zero-order valence-corrected chi connectivity index (χ0v) is 8.71. The van der Waals surface area contributed by atoms with Gasteiger partial charge in [0.1, 0.15) is 0 Å². The minimum absolute atomic E-state index is 0.300. The van der Waals surface area contributed by atoms with Crippen LogP contribution in [0.4, 0.5) is 0 Å². The molecule has 1 aliphatic rings. The predicted molar refractivity (Wildman–Crippen MR) is 58.2 cm³/mol. The number of aliphatic imine (C=N–C) groups is 1. The van der Waals surface area contributed by atoms with Crippen LogP contribution in [0.25, 0.3) is 0 Å². The van der Waals surface area contributed by atoms with E-state index in [2.05, 4.69) is 10.3 Å². The molecule has 0 aromatic rings. The number of nitrogens with two attached hydrogens (primary N) is 1. The second kappa shape index (κ2) is 6.65. The summed E-state index contributed by atoms with van der Waals surface area (Å²) in [5.74, 6) is 0.592. The quantitative estimate of drug-likeness (QED) is 0.319. The summed E-state index contributed by atoms with van der Waals surface area (Å²) in [4.78, 5) is 4.22. The zero-order valence-electron chi connectivity index (χ0n) is 8.71. The van der Waals surface area contributed by atoms with Crippen molar-refractivity contribution >= 4 is 5.96 Å². The van der Waals surface area contributed by atoms with Gasteiger partial charge in [-0.05, 0) is 25.7 Å². The van der Waals surface area contributed by atoms with Crippen LogP contribution in [0, 0.1) is 0 Å². The average Bonchev–Trinajstić information content (AvgIpc) is 2.95. The second-order valence-electron chi connectivity index (χ2n) is 3.82. The molecule has 4 nitrogen and oxygen atoms in total. The lowest BCUT2D eigenvalue weighted by atomic mass is 10.2. The van der Waals surface area contributed by atoms with Crippen molar-refractivity contribution < 1.29 is 5.11 Å². The van der Waals surface area contributed by atoms with Crippen molar-refractivity contribution in [3.63, 3.8) is 0 Å². The Balaban J connectivity index is 1.89. The average molecular weight is 199 g/mol. The first kappa shape index (κ1) is 11.3. The smallest absolute Gasteiger partial charge is 0.188 e. The standard InChI is InChI=1S/C10H21N3O/c11-10(13-9-5-6-9)12-7-3-1-2-4-8-14/h9,14H,1-8H2,(H3,11,12,13). The molecule has 1 fully saturated rings. The molecule has 0 amide bonds. The Hall–Kier alpha value is -0.770. The number of hydrogen-bond donors (Lipinski definition) is 3. The number of aliphatic hydroxyl groups excluding tert-OH is 1. The van der Waals surface area contributed by atoms with Crippen molar-refractivity contribution in [3.8, 4) is 0 Å². The van der Waals surface area contributed by atoms with E-state index in [1.54, 1.807) is 0 Å². The monoisotopic (exact) mass is 199 g/mol. The molecule has 0 aromatic carbocycles. The van der Waals surface area contributed by atoms with E-state index in [1.165, 1.54) is 12.8 Å². The first-order chi connectivity index (χ1) is 6.83. The van der Waals surface area contributed by atoms with E-state index < -0.39 is 0 Å². The van der Waals surface area contributed by atoms with Gasteiger partial charge in [-0.3, -0.25) is 4.99 Å². The minimum Gasteiger partial charge on any atom is -0.396 e. The third-order valence-corrected chi connectivity index (χ3v) is 2.28. The summed E-state index contributed by atoms with van der Waals surface area (Å²) in [5.41, 5.74) is 5.65. The van der Waals surface area contributed by atoms with Crippen LogP contribution in [-0.4, -0.2) is 30.3 Å². The number of aliphatic hydroxyl groups is 1. The highest BCUT2D eigenvalue weighted by Gasteiger charge is 2.21. The fraction of sp³-hybridized carbons (Fsp3) is 0.900. The lowest BCUT2D eigenvalue weighted by Crippen LogP contribution is -2.33.